The molecule has 25 heavy (non-hydrogen) atoms. The van der Waals surface area contributed by atoms with Crippen LogP contribution in [0.4, 0.5) is 0 Å². The van der Waals surface area contributed by atoms with E-state index in [2.05, 4.69) is 21.9 Å². The number of hydrogen-bond donors (Lipinski definition) is 0. The number of piperazine rings is 1. The zero-order valence-electron chi connectivity index (χ0n) is 15.1. The van der Waals surface area contributed by atoms with Gasteiger partial charge in [0.25, 0.3) is 0 Å². The number of hydrogen-bond acceptors (Lipinski definition) is 6. The molecule has 0 saturated carbocycles. The molecule has 0 aliphatic carbocycles. The summed E-state index contributed by atoms with van der Waals surface area (Å²) in [6.07, 6.45) is 0.333. The minimum atomic E-state index is -0.214. The summed E-state index contributed by atoms with van der Waals surface area (Å²) in [5.74, 6) is -0.405. The van der Waals surface area contributed by atoms with Crippen LogP contribution in [0.3, 0.4) is 0 Å². The van der Waals surface area contributed by atoms with Crippen molar-refractivity contribution in [2.75, 3.05) is 39.4 Å². The van der Waals surface area contributed by atoms with Crippen molar-refractivity contribution >= 4 is 11.9 Å². The first kappa shape index (κ1) is 19.4. The second-order valence-corrected chi connectivity index (χ2v) is 6.16. The summed E-state index contributed by atoms with van der Waals surface area (Å²) >= 11 is 0. The highest BCUT2D eigenvalue weighted by atomic mass is 16.5. The van der Waals surface area contributed by atoms with E-state index in [4.69, 9.17) is 9.47 Å². The van der Waals surface area contributed by atoms with Gasteiger partial charge in [-0.2, -0.15) is 0 Å². The van der Waals surface area contributed by atoms with Crippen molar-refractivity contribution < 1.29 is 19.1 Å². The molecule has 2 rings (SSSR count). The summed E-state index contributed by atoms with van der Waals surface area (Å²) in [6, 6.07) is 10.2. The first-order valence-electron chi connectivity index (χ1n) is 8.94. The molecular weight excluding hydrogens is 320 g/mol. The van der Waals surface area contributed by atoms with Crippen LogP contribution in [-0.2, 0) is 25.6 Å². The van der Waals surface area contributed by atoms with Gasteiger partial charge in [0.05, 0.1) is 26.2 Å². The molecule has 1 aliphatic rings. The van der Waals surface area contributed by atoms with Crippen LogP contribution in [0.25, 0.3) is 0 Å². The van der Waals surface area contributed by atoms with Crippen LogP contribution in [0.15, 0.2) is 30.3 Å². The van der Waals surface area contributed by atoms with Crippen molar-refractivity contribution in [1.29, 1.82) is 0 Å². The molecule has 0 radical (unpaired) electrons. The summed E-state index contributed by atoms with van der Waals surface area (Å²) < 4.78 is 10.2. The second-order valence-electron chi connectivity index (χ2n) is 6.16. The number of rotatable bonds is 8. The molecule has 0 bridgehead atoms. The van der Waals surface area contributed by atoms with E-state index in [1.54, 1.807) is 6.92 Å². The molecule has 1 aromatic rings. The average molecular weight is 348 g/mol. The quantitative estimate of drug-likeness (QED) is 0.667. The highest BCUT2D eigenvalue weighted by molar-refractivity contribution is 5.72. The number of ether oxygens (including phenoxy) is 2. The Hall–Kier alpha value is -1.92. The molecule has 0 N–H and O–H groups in total. The van der Waals surface area contributed by atoms with Crippen molar-refractivity contribution in [2.45, 2.75) is 32.9 Å². The van der Waals surface area contributed by atoms with Crippen LogP contribution in [-0.4, -0.2) is 67.2 Å². The molecule has 1 aromatic carbocycles. The first-order chi connectivity index (χ1) is 12.1. The van der Waals surface area contributed by atoms with Crippen molar-refractivity contribution in [2.24, 2.45) is 0 Å². The van der Waals surface area contributed by atoms with Crippen LogP contribution in [0.1, 0.15) is 25.8 Å². The number of esters is 2. The van der Waals surface area contributed by atoms with Crippen LogP contribution in [0, 0.1) is 0 Å². The molecule has 1 fully saturated rings. The molecule has 1 atom stereocenters. The summed E-state index contributed by atoms with van der Waals surface area (Å²) in [5.41, 5.74) is 1.22. The highest BCUT2D eigenvalue weighted by Crippen LogP contribution is 2.17. The van der Waals surface area contributed by atoms with Gasteiger partial charge in [0.2, 0.25) is 0 Å². The molecule has 6 nitrogen and oxygen atoms in total. The minimum absolute atomic E-state index is 0.0300. The molecule has 138 valence electrons. The fourth-order valence-corrected chi connectivity index (χ4v) is 3.12. The van der Waals surface area contributed by atoms with Crippen LogP contribution in [0.5, 0.6) is 0 Å². The minimum Gasteiger partial charge on any atom is -0.466 e. The SMILES string of the molecule is CCOC(=O)C[C@H]1CN(CC(=O)OCC)CCN1Cc1ccccc1. The maximum atomic E-state index is 12.0. The van der Waals surface area contributed by atoms with Crippen molar-refractivity contribution in [3.63, 3.8) is 0 Å². The predicted octanol–water partition coefficient (Wildman–Crippen LogP) is 1.69. The van der Waals surface area contributed by atoms with Gasteiger partial charge in [0.1, 0.15) is 0 Å². The molecule has 0 spiro atoms. The van der Waals surface area contributed by atoms with Gasteiger partial charge in [-0.1, -0.05) is 30.3 Å². The van der Waals surface area contributed by atoms with Gasteiger partial charge >= 0.3 is 11.9 Å². The van der Waals surface area contributed by atoms with E-state index in [0.717, 1.165) is 19.6 Å². The number of benzene rings is 1. The Morgan fingerprint density at radius 1 is 1.04 bits per heavy atom. The fraction of sp³-hybridized carbons (Fsp3) is 0.579. The van der Waals surface area contributed by atoms with E-state index < -0.39 is 0 Å². The van der Waals surface area contributed by atoms with E-state index in [9.17, 15) is 9.59 Å². The normalized spacial score (nSPS) is 18.7. The van der Waals surface area contributed by atoms with Crippen LogP contribution < -0.4 is 0 Å². The van der Waals surface area contributed by atoms with Crippen molar-refractivity contribution in [3.05, 3.63) is 35.9 Å². The molecule has 0 unspecified atom stereocenters. The summed E-state index contributed by atoms with van der Waals surface area (Å²) in [6.45, 7) is 7.70. The topological polar surface area (TPSA) is 59.1 Å². The summed E-state index contributed by atoms with van der Waals surface area (Å²) in [4.78, 5) is 28.1. The van der Waals surface area contributed by atoms with Gasteiger partial charge in [-0.15, -0.1) is 0 Å². The number of carbonyl (C=O) groups is 2. The summed E-state index contributed by atoms with van der Waals surface area (Å²) in [5, 5.41) is 0. The monoisotopic (exact) mass is 348 g/mol. The van der Waals surface area contributed by atoms with Crippen LogP contribution in [0.2, 0.25) is 0 Å². The standard InChI is InChI=1S/C19H28N2O4/c1-3-24-18(22)12-17-14-20(15-19(23)25-4-2)10-11-21(17)13-16-8-6-5-7-9-16/h5-9,17H,3-4,10-15H2,1-2H3/t17-/m0/s1. The maximum absolute atomic E-state index is 12.0. The largest absolute Gasteiger partial charge is 0.466 e. The van der Waals surface area contributed by atoms with Crippen molar-refractivity contribution in [3.8, 4) is 0 Å². The van der Waals surface area contributed by atoms with E-state index in [1.165, 1.54) is 5.56 Å². The molecule has 0 amide bonds. The maximum Gasteiger partial charge on any atom is 0.320 e. The zero-order chi connectivity index (χ0) is 18.1. The third-order valence-corrected chi connectivity index (χ3v) is 4.28. The second kappa shape index (κ2) is 10.2. The smallest absolute Gasteiger partial charge is 0.320 e. The lowest BCUT2D eigenvalue weighted by atomic mass is 10.1. The van der Waals surface area contributed by atoms with E-state index in [1.807, 2.05) is 25.1 Å². The zero-order valence-corrected chi connectivity index (χ0v) is 15.1. The lowest BCUT2D eigenvalue weighted by Crippen LogP contribution is -2.54. The Morgan fingerprint density at radius 3 is 2.40 bits per heavy atom. The van der Waals surface area contributed by atoms with Crippen molar-refractivity contribution in [1.82, 2.24) is 9.80 Å². The van der Waals surface area contributed by atoms with Gasteiger partial charge in [-0.05, 0) is 19.4 Å². The van der Waals surface area contributed by atoms with Gasteiger partial charge in [0, 0.05) is 32.2 Å². The third-order valence-electron chi connectivity index (χ3n) is 4.28. The van der Waals surface area contributed by atoms with E-state index >= 15 is 0 Å². The summed E-state index contributed by atoms with van der Waals surface area (Å²) in [7, 11) is 0. The Bertz CT molecular complexity index is 550. The molecule has 0 aromatic heterocycles. The Morgan fingerprint density at radius 2 is 1.72 bits per heavy atom. The van der Waals surface area contributed by atoms with Gasteiger partial charge in [-0.3, -0.25) is 19.4 Å². The Kier molecular flexibility index (Phi) is 7.88. The van der Waals surface area contributed by atoms with Gasteiger partial charge < -0.3 is 9.47 Å². The number of carbonyl (C=O) groups excluding carboxylic acids is 2. The Balaban J connectivity index is 1.99. The van der Waals surface area contributed by atoms with Gasteiger partial charge in [0.15, 0.2) is 0 Å². The van der Waals surface area contributed by atoms with E-state index in [0.29, 0.717) is 26.2 Å². The van der Waals surface area contributed by atoms with Gasteiger partial charge in [-0.25, -0.2) is 0 Å². The third kappa shape index (κ3) is 6.48. The lowest BCUT2D eigenvalue weighted by molar-refractivity contribution is -0.146. The predicted molar refractivity (Wildman–Crippen MR) is 95.0 cm³/mol. The highest BCUT2D eigenvalue weighted by Gasteiger charge is 2.30. The number of nitrogens with zero attached hydrogens (tertiary/aromatic N) is 2. The molecule has 1 heterocycles. The van der Waals surface area contributed by atoms with Crippen LogP contribution >= 0.6 is 0 Å². The molecular formula is C19H28N2O4. The van der Waals surface area contributed by atoms with E-state index in [-0.39, 0.29) is 24.5 Å². The molecule has 1 aliphatic heterocycles. The lowest BCUT2D eigenvalue weighted by Gasteiger charge is -2.40. The molecule has 1 saturated heterocycles. The fourth-order valence-electron chi connectivity index (χ4n) is 3.12. The first-order valence-corrected chi connectivity index (χ1v) is 8.94. The Labute approximate surface area is 149 Å². The average Bonchev–Trinajstić information content (AvgIpc) is 2.58. The molecule has 6 heteroatoms.